The van der Waals surface area contributed by atoms with E-state index in [1.54, 1.807) is 11.8 Å². The third kappa shape index (κ3) is 5.89. The van der Waals surface area contributed by atoms with E-state index in [0.29, 0.717) is 13.0 Å². The summed E-state index contributed by atoms with van der Waals surface area (Å²) in [6.45, 7) is 0.570. The highest BCUT2D eigenvalue weighted by atomic mass is 32.2. The molecule has 1 rings (SSSR count). The van der Waals surface area contributed by atoms with Gasteiger partial charge < -0.3 is 10.4 Å². The summed E-state index contributed by atoms with van der Waals surface area (Å²) in [5, 5.41) is 12.0. The average molecular weight is 265 g/mol. The normalized spacial score (nSPS) is 12.7. The van der Waals surface area contributed by atoms with Crippen LogP contribution in [0.3, 0.4) is 0 Å². The molecule has 0 radical (unpaired) electrons. The van der Waals surface area contributed by atoms with Crippen molar-refractivity contribution in [2.75, 3.05) is 18.6 Å². The summed E-state index contributed by atoms with van der Waals surface area (Å²) in [5.74, 6) is 0.0731. The first-order valence-electron chi connectivity index (χ1n) is 5.90. The van der Waals surface area contributed by atoms with Crippen molar-refractivity contribution >= 4 is 23.8 Å². The van der Waals surface area contributed by atoms with Crippen molar-refractivity contribution in [3.8, 4) is 0 Å². The third-order valence-corrected chi connectivity index (χ3v) is 3.14. The monoisotopic (exact) mass is 265 g/mol. The second kappa shape index (κ2) is 8.78. The molecular formula is C14H19NO2S. The molecule has 3 nitrogen and oxygen atoms in total. The van der Waals surface area contributed by atoms with Crippen molar-refractivity contribution in [3.05, 3.63) is 42.0 Å². The van der Waals surface area contributed by atoms with Crippen LogP contribution in [-0.2, 0) is 4.79 Å². The Kier molecular flexibility index (Phi) is 7.22. The highest BCUT2D eigenvalue weighted by Crippen LogP contribution is 2.02. The van der Waals surface area contributed by atoms with Crippen molar-refractivity contribution in [2.24, 2.45) is 0 Å². The van der Waals surface area contributed by atoms with Crippen molar-refractivity contribution < 1.29 is 9.90 Å². The van der Waals surface area contributed by atoms with E-state index in [2.05, 4.69) is 5.32 Å². The molecule has 2 N–H and O–H groups in total. The van der Waals surface area contributed by atoms with Gasteiger partial charge in [-0.25, -0.2) is 0 Å². The minimum absolute atomic E-state index is 0.460. The molecule has 4 heteroatoms. The molecule has 1 aromatic carbocycles. The van der Waals surface area contributed by atoms with E-state index in [9.17, 15) is 4.79 Å². The first kappa shape index (κ1) is 14.8. The van der Waals surface area contributed by atoms with Gasteiger partial charge in [-0.15, -0.1) is 0 Å². The molecule has 1 atom stereocenters. The summed E-state index contributed by atoms with van der Waals surface area (Å²) in [7, 11) is 0. The van der Waals surface area contributed by atoms with Crippen LogP contribution >= 0.6 is 11.8 Å². The van der Waals surface area contributed by atoms with Gasteiger partial charge in [-0.05, 0) is 24.0 Å². The van der Waals surface area contributed by atoms with Crippen molar-refractivity contribution in [1.29, 1.82) is 0 Å². The highest BCUT2D eigenvalue weighted by Gasteiger charge is 2.14. The van der Waals surface area contributed by atoms with Gasteiger partial charge in [0.05, 0.1) is 0 Å². The molecule has 0 aliphatic carbocycles. The van der Waals surface area contributed by atoms with Gasteiger partial charge in [-0.3, -0.25) is 4.79 Å². The first-order chi connectivity index (χ1) is 8.74. The van der Waals surface area contributed by atoms with Gasteiger partial charge in [0, 0.05) is 6.54 Å². The molecule has 0 heterocycles. The molecule has 1 aromatic rings. The quantitative estimate of drug-likeness (QED) is 0.758. The molecule has 0 aliphatic heterocycles. The molecular weight excluding hydrogens is 246 g/mol. The zero-order chi connectivity index (χ0) is 13.2. The average Bonchev–Trinajstić information content (AvgIpc) is 2.38. The predicted octanol–water partition coefficient (Wildman–Crippen LogP) is 2.50. The van der Waals surface area contributed by atoms with Gasteiger partial charge in [-0.1, -0.05) is 42.5 Å². The number of aliphatic carboxylic acids is 1. The Morgan fingerprint density at radius 2 is 2.17 bits per heavy atom. The number of nitrogens with one attached hydrogen (secondary N) is 1. The van der Waals surface area contributed by atoms with Crippen molar-refractivity contribution in [1.82, 2.24) is 5.32 Å². The first-order valence-corrected chi connectivity index (χ1v) is 7.30. The second-order valence-electron chi connectivity index (χ2n) is 3.89. The van der Waals surface area contributed by atoms with Gasteiger partial charge >= 0.3 is 5.97 Å². The Hall–Kier alpha value is -1.26. The maximum absolute atomic E-state index is 11.0. The number of rotatable bonds is 8. The van der Waals surface area contributed by atoms with Crippen molar-refractivity contribution in [2.45, 2.75) is 12.5 Å². The number of hydrogen-bond donors (Lipinski definition) is 2. The summed E-state index contributed by atoms with van der Waals surface area (Å²) in [6.07, 6.45) is 6.56. The lowest BCUT2D eigenvalue weighted by Crippen LogP contribution is -2.37. The molecule has 0 saturated carbocycles. The topological polar surface area (TPSA) is 49.3 Å². The van der Waals surface area contributed by atoms with E-state index >= 15 is 0 Å². The summed E-state index contributed by atoms with van der Waals surface area (Å²) in [4.78, 5) is 11.0. The standard InChI is InChI=1S/C14H19NO2S/c1-18-11-9-13(14(16)17)15-10-5-8-12-6-3-2-4-7-12/h2-8,13,15H,9-11H2,1H3,(H,16,17)/b8-5+/t13-/m1/s1. The predicted molar refractivity (Wildman–Crippen MR) is 77.9 cm³/mol. The highest BCUT2D eigenvalue weighted by molar-refractivity contribution is 7.98. The SMILES string of the molecule is CSCC[C@@H](NC/C=C/c1ccccc1)C(=O)O. The van der Waals surface area contributed by atoms with Gasteiger partial charge in [0.2, 0.25) is 0 Å². The zero-order valence-corrected chi connectivity index (χ0v) is 11.3. The molecule has 0 saturated heterocycles. The maximum atomic E-state index is 11.0. The molecule has 0 aromatic heterocycles. The summed E-state index contributed by atoms with van der Waals surface area (Å²) < 4.78 is 0. The van der Waals surface area contributed by atoms with Crippen LogP contribution in [-0.4, -0.2) is 35.7 Å². The Balaban J connectivity index is 2.34. The van der Waals surface area contributed by atoms with Crippen LogP contribution in [0.5, 0.6) is 0 Å². The van der Waals surface area contributed by atoms with Crippen molar-refractivity contribution in [3.63, 3.8) is 0 Å². The van der Waals surface area contributed by atoms with Crippen LogP contribution in [0.2, 0.25) is 0 Å². The lowest BCUT2D eigenvalue weighted by molar-refractivity contribution is -0.139. The third-order valence-electron chi connectivity index (χ3n) is 2.50. The fourth-order valence-electron chi connectivity index (χ4n) is 1.52. The molecule has 0 spiro atoms. The van der Waals surface area contributed by atoms with E-state index in [1.165, 1.54) is 0 Å². The number of carboxylic acids is 1. The lowest BCUT2D eigenvalue weighted by atomic mass is 10.2. The van der Waals surface area contributed by atoms with Crippen LogP contribution in [0, 0.1) is 0 Å². The van der Waals surface area contributed by atoms with E-state index in [-0.39, 0.29) is 0 Å². The molecule has 18 heavy (non-hydrogen) atoms. The van der Waals surface area contributed by atoms with E-state index in [0.717, 1.165) is 11.3 Å². The molecule has 0 aliphatic rings. The van der Waals surface area contributed by atoms with E-state index < -0.39 is 12.0 Å². The lowest BCUT2D eigenvalue weighted by Gasteiger charge is -2.11. The summed E-state index contributed by atoms with van der Waals surface area (Å²) >= 11 is 1.66. The van der Waals surface area contributed by atoms with Crippen LogP contribution in [0.4, 0.5) is 0 Å². The van der Waals surface area contributed by atoms with E-state index in [1.807, 2.05) is 48.7 Å². The maximum Gasteiger partial charge on any atom is 0.320 e. The van der Waals surface area contributed by atoms with Gasteiger partial charge in [0.25, 0.3) is 0 Å². The number of hydrogen-bond acceptors (Lipinski definition) is 3. The van der Waals surface area contributed by atoms with Crippen LogP contribution in [0.1, 0.15) is 12.0 Å². The number of benzene rings is 1. The second-order valence-corrected chi connectivity index (χ2v) is 4.88. The molecule has 0 amide bonds. The number of carbonyl (C=O) groups is 1. The smallest absolute Gasteiger partial charge is 0.320 e. The fourth-order valence-corrected chi connectivity index (χ4v) is 1.99. The largest absolute Gasteiger partial charge is 0.480 e. The molecule has 98 valence electrons. The van der Waals surface area contributed by atoms with E-state index in [4.69, 9.17) is 5.11 Å². The van der Waals surface area contributed by atoms with Gasteiger partial charge in [0.15, 0.2) is 0 Å². The number of carboxylic acid groups (broad SMARTS) is 1. The Labute approximate surface area is 112 Å². The van der Waals surface area contributed by atoms with Crippen LogP contribution in [0.25, 0.3) is 6.08 Å². The van der Waals surface area contributed by atoms with Gasteiger partial charge in [-0.2, -0.15) is 11.8 Å². The zero-order valence-electron chi connectivity index (χ0n) is 10.5. The molecule has 0 unspecified atom stereocenters. The Morgan fingerprint density at radius 1 is 1.44 bits per heavy atom. The molecule has 0 fully saturated rings. The fraction of sp³-hybridized carbons (Fsp3) is 0.357. The Bertz CT molecular complexity index is 379. The molecule has 0 bridgehead atoms. The summed E-state index contributed by atoms with van der Waals surface area (Å²) in [5.41, 5.74) is 1.12. The number of thioether (sulfide) groups is 1. The summed E-state index contributed by atoms with van der Waals surface area (Å²) in [6, 6.07) is 9.49. The minimum Gasteiger partial charge on any atom is -0.480 e. The minimum atomic E-state index is -0.780. The Morgan fingerprint density at radius 3 is 2.78 bits per heavy atom. The van der Waals surface area contributed by atoms with Gasteiger partial charge in [0.1, 0.15) is 6.04 Å². The van der Waals surface area contributed by atoms with Crippen LogP contribution in [0.15, 0.2) is 36.4 Å². The van der Waals surface area contributed by atoms with Crippen LogP contribution < -0.4 is 5.32 Å².